The molecule has 4 heterocycles. The summed E-state index contributed by atoms with van der Waals surface area (Å²) in [6.45, 7) is 13.7. The third-order valence-corrected chi connectivity index (χ3v) is 19.8. The van der Waals surface area contributed by atoms with Crippen molar-refractivity contribution in [2.75, 3.05) is 22.2 Å². The molecule has 0 saturated heterocycles. The van der Waals surface area contributed by atoms with Crippen LogP contribution in [0.25, 0.3) is 0 Å². The topological polar surface area (TPSA) is 161 Å². The molecule has 13 nitrogen and oxygen atoms in total. The summed E-state index contributed by atoms with van der Waals surface area (Å²) < 4.78 is 18.8. The van der Waals surface area contributed by atoms with E-state index in [0.717, 1.165) is 77.7 Å². The molecule has 0 aromatic heterocycles. The van der Waals surface area contributed by atoms with Gasteiger partial charge in [-0.2, -0.15) is 0 Å². The van der Waals surface area contributed by atoms with Crippen molar-refractivity contribution in [3.8, 4) is 17.2 Å². The number of hydrogen-bond donors (Lipinski definition) is 2. The van der Waals surface area contributed by atoms with Crippen molar-refractivity contribution in [3.63, 3.8) is 0 Å². The molecule has 2 N–H and O–H groups in total. The number of ether oxygens (including phenoxy) is 3. The molecule has 79 heavy (non-hydrogen) atoms. The Morgan fingerprint density at radius 2 is 1.29 bits per heavy atom. The van der Waals surface area contributed by atoms with Gasteiger partial charge in [0.1, 0.15) is 24.7 Å². The van der Waals surface area contributed by atoms with Crippen LogP contribution in [-0.2, 0) is 58.1 Å². The lowest BCUT2D eigenvalue weighted by Crippen LogP contribution is -2.40. The second kappa shape index (κ2) is 24.8. The number of methoxy groups -OCH3 is 1. The molecule has 0 radical (unpaired) electrons. The van der Waals surface area contributed by atoms with E-state index < -0.39 is 12.0 Å². The zero-order valence-electron chi connectivity index (χ0n) is 46.8. The molecule has 416 valence electrons. The highest BCUT2D eigenvalue weighted by molar-refractivity contribution is 8.77. The van der Waals surface area contributed by atoms with Crippen molar-refractivity contribution in [2.24, 2.45) is 5.92 Å². The highest BCUT2D eigenvalue weighted by atomic mass is 33.1. The van der Waals surface area contributed by atoms with Crippen LogP contribution in [0, 0.1) is 12.8 Å². The molecule has 9 rings (SSSR count). The number of anilines is 3. The Bertz CT molecular complexity index is 3160. The maximum atomic E-state index is 14.2. The van der Waals surface area contributed by atoms with Crippen molar-refractivity contribution < 1.29 is 43.0 Å². The first-order valence-electron chi connectivity index (χ1n) is 27.9. The number of nitrogens with zero attached hydrogens (tertiary/aromatic N) is 2. The SMILES string of the molecule is CCC(=O)CCC(C)SSC(C)(C)CCC(=O)N[C@@H](C)C(=O)C[C@@H](C)C(=O)Nc1cc(COc2cc3c(cc2C)C(=O)N2c4ccccc4C[C@H]2CC3)cc(COc2cc3c(cc2OC)C(=O)N2c4ccccc4C[C@H]2CC3)c1. The first kappa shape index (κ1) is 57.1. The Morgan fingerprint density at radius 1 is 0.722 bits per heavy atom. The molecular weight excluding hydrogens is 1030 g/mol. The molecule has 4 aliphatic heterocycles. The highest BCUT2D eigenvalue weighted by Crippen LogP contribution is 2.44. The minimum absolute atomic E-state index is 0.00772. The zero-order chi connectivity index (χ0) is 56.1. The molecule has 5 aromatic carbocycles. The lowest BCUT2D eigenvalue weighted by Gasteiger charge is -2.25. The number of Topliss-reactive ketones (excluding diaryl/α,β-unsaturated/α-hetero) is 2. The van der Waals surface area contributed by atoms with E-state index in [4.69, 9.17) is 14.2 Å². The van der Waals surface area contributed by atoms with Crippen LogP contribution in [0.5, 0.6) is 17.2 Å². The number of ketones is 2. The number of aryl methyl sites for hydroxylation is 3. The van der Waals surface area contributed by atoms with Crippen molar-refractivity contribution in [2.45, 2.75) is 167 Å². The number of amides is 4. The van der Waals surface area contributed by atoms with Gasteiger partial charge >= 0.3 is 0 Å². The summed E-state index contributed by atoms with van der Waals surface area (Å²) in [6, 6.07) is 28.9. The Hall–Kier alpha value is -6.58. The van der Waals surface area contributed by atoms with Gasteiger partial charge in [-0.1, -0.05) is 78.8 Å². The number of carbonyl (C=O) groups is 6. The van der Waals surface area contributed by atoms with Crippen molar-refractivity contribution in [3.05, 3.63) is 141 Å². The molecule has 5 aromatic rings. The average molecular weight is 1110 g/mol. The minimum Gasteiger partial charge on any atom is -0.493 e. The predicted octanol–water partition coefficient (Wildman–Crippen LogP) is 12.3. The van der Waals surface area contributed by atoms with E-state index in [-0.39, 0.29) is 78.1 Å². The van der Waals surface area contributed by atoms with Crippen LogP contribution in [0.3, 0.4) is 0 Å². The van der Waals surface area contributed by atoms with E-state index in [1.165, 1.54) is 11.1 Å². The van der Waals surface area contributed by atoms with Crippen LogP contribution in [0.15, 0.2) is 91.0 Å². The Labute approximate surface area is 473 Å². The number of nitrogens with one attached hydrogen (secondary N) is 2. The van der Waals surface area contributed by atoms with E-state index in [1.807, 2.05) is 96.4 Å². The highest BCUT2D eigenvalue weighted by Gasteiger charge is 2.39. The summed E-state index contributed by atoms with van der Waals surface area (Å²) >= 11 is 0. The number of rotatable bonds is 23. The van der Waals surface area contributed by atoms with E-state index in [1.54, 1.807) is 48.6 Å². The lowest BCUT2D eigenvalue weighted by atomic mass is 9.98. The number of fused-ring (bicyclic) bond motifs is 8. The van der Waals surface area contributed by atoms with Gasteiger partial charge in [-0.05, 0) is 173 Å². The van der Waals surface area contributed by atoms with Gasteiger partial charge in [0.05, 0.1) is 13.2 Å². The molecular formula is C64H74N4O9S2. The van der Waals surface area contributed by atoms with Gasteiger partial charge in [-0.15, -0.1) is 0 Å². The third kappa shape index (κ3) is 13.4. The second-order valence-corrected chi connectivity index (χ2v) is 25.8. The van der Waals surface area contributed by atoms with Crippen molar-refractivity contribution in [1.29, 1.82) is 0 Å². The zero-order valence-corrected chi connectivity index (χ0v) is 48.5. The predicted molar refractivity (Wildman–Crippen MR) is 315 cm³/mol. The minimum atomic E-state index is -0.784. The van der Waals surface area contributed by atoms with Crippen molar-refractivity contribution in [1.82, 2.24) is 5.32 Å². The molecule has 4 aliphatic rings. The molecule has 0 aliphatic carbocycles. The molecule has 5 atom stereocenters. The van der Waals surface area contributed by atoms with Crippen LogP contribution in [0.1, 0.15) is 153 Å². The number of hydrogen-bond acceptors (Lipinski definition) is 11. The van der Waals surface area contributed by atoms with Gasteiger partial charge in [-0.3, -0.25) is 28.8 Å². The number of para-hydroxylation sites is 2. The Morgan fingerprint density at radius 3 is 1.89 bits per heavy atom. The summed E-state index contributed by atoms with van der Waals surface area (Å²) in [4.78, 5) is 84.6. The maximum absolute atomic E-state index is 14.2. The number of carbonyl (C=O) groups excluding carboxylic acids is 6. The molecule has 0 bridgehead atoms. The summed E-state index contributed by atoms with van der Waals surface area (Å²) in [5.41, 5.74) is 10.2. The fourth-order valence-corrected chi connectivity index (χ4v) is 13.9. The molecule has 1 unspecified atom stereocenters. The second-order valence-electron chi connectivity index (χ2n) is 22.5. The van der Waals surface area contributed by atoms with E-state index in [2.05, 4.69) is 43.5 Å². The molecule has 0 fully saturated rings. The van der Waals surface area contributed by atoms with Gasteiger partial charge in [0.2, 0.25) is 11.8 Å². The Kier molecular flexibility index (Phi) is 18.0. The van der Waals surface area contributed by atoms with Crippen molar-refractivity contribution >= 4 is 73.8 Å². The summed E-state index contributed by atoms with van der Waals surface area (Å²) in [6.07, 6.45) is 7.43. The van der Waals surface area contributed by atoms with E-state index >= 15 is 0 Å². The van der Waals surface area contributed by atoms with Gasteiger partial charge in [0, 0.05) is 81.9 Å². The average Bonchev–Trinajstić information content (AvgIpc) is 4.02. The molecule has 15 heteroatoms. The summed E-state index contributed by atoms with van der Waals surface area (Å²) in [5.74, 6) is 0.229. The summed E-state index contributed by atoms with van der Waals surface area (Å²) in [5, 5.41) is 6.21. The molecule has 0 saturated carbocycles. The van der Waals surface area contributed by atoms with Crippen LogP contribution < -0.4 is 34.6 Å². The molecule has 0 spiro atoms. The first-order valence-corrected chi connectivity index (χ1v) is 30.1. The maximum Gasteiger partial charge on any atom is 0.258 e. The van der Waals surface area contributed by atoms with Gasteiger partial charge in [0.15, 0.2) is 17.3 Å². The largest absolute Gasteiger partial charge is 0.493 e. The first-order chi connectivity index (χ1) is 37.9. The van der Waals surface area contributed by atoms with E-state index in [9.17, 15) is 28.8 Å². The van der Waals surface area contributed by atoms with Crippen LogP contribution >= 0.6 is 21.6 Å². The van der Waals surface area contributed by atoms with Crippen LogP contribution in [0.4, 0.5) is 17.1 Å². The standard InChI is InChI=1S/C64H74N4O9S2/c1-9-51(69)23-18-40(4)78-79-64(6,7)25-24-60(71)65-41(5)56(70)27-39(3)61(72)66-48-29-42(36-76-57-33-44-19-21-49-31-46-14-10-12-16-54(46)67(49)62(73)52(44)26-38(57)2)28-43(30-48)37-77-59-34-45-20-22-50-32-47-15-11-13-17-55(47)68(50)63(74)53(45)35-58(59)75-8/h10-17,26,28-30,33-35,39-41,49-50H,9,18-25,27,31-32,36-37H2,1-8H3,(H,65,71)(H,66,72)/t39-,40?,41+,49-,50-/m1/s1. The lowest BCUT2D eigenvalue weighted by molar-refractivity contribution is -0.129. The third-order valence-electron chi connectivity index (χ3n) is 15.9. The molecule has 4 amide bonds. The monoisotopic (exact) mass is 1110 g/mol. The normalized spacial score (nSPS) is 17.4. The van der Waals surface area contributed by atoms with Crippen LogP contribution in [-0.4, -0.2) is 70.4 Å². The smallest absolute Gasteiger partial charge is 0.258 e. The van der Waals surface area contributed by atoms with Gasteiger partial charge in [-0.25, -0.2) is 0 Å². The quantitative estimate of drug-likeness (QED) is 0.0599. The fraction of sp³-hybridized carbons (Fsp3) is 0.438. The fourth-order valence-electron chi connectivity index (χ4n) is 11.2. The van der Waals surface area contributed by atoms with Crippen LogP contribution in [0.2, 0.25) is 0 Å². The van der Waals surface area contributed by atoms with E-state index in [0.29, 0.717) is 65.0 Å². The van der Waals surface area contributed by atoms with Gasteiger partial charge in [0.25, 0.3) is 11.8 Å². The van der Waals surface area contributed by atoms with Gasteiger partial charge < -0.3 is 34.6 Å². The Balaban J connectivity index is 0.879. The summed E-state index contributed by atoms with van der Waals surface area (Å²) in [7, 11) is 5.01. The number of benzene rings is 5.